The molecule has 1 N–H and O–H groups in total. The van der Waals surface area contributed by atoms with Crippen LogP contribution in [0.1, 0.15) is 52.3 Å². The number of aromatic nitrogens is 2. The van der Waals surface area contributed by atoms with Crippen LogP contribution in [-0.4, -0.2) is 65.4 Å². The lowest BCUT2D eigenvalue weighted by Crippen LogP contribution is -2.35. The van der Waals surface area contributed by atoms with Gasteiger partial charge >= 0.3 is 0 Å². The van der Waals surface area contributed by atoms with Crippen molar-refractivity contribution in [2.24, 2.45) is 0 Å². The van der Waals surface area contributed by atoms with E-state index in [0.717, 1.165) is 41.3 Å². The van der Waals surface area contributed by atoms with E-state index >= 15 is 0 Å². The van der Waals surface area contributed by atoms with Crippen LogP contribution in [0, 0.1) is 6.92 Å². The maximum atomic E-state index is 13.2. The van der Waals surface area contributed by atoms with Crippen molar-refractivity contribution in [2.45, 2.75) is 39.2 Å². The number of ether oxygens (including phenoxy) is 1. The Hall–Kier alpha value is -3.16. The first-order chi connectivity index (χ1) is 14.9. The number of para-hydroxylation sites is 1. The second-order valence-corrected chi connectivity index (χ2v) is 8.19. The maximum absolute atomic E-state index is 13.2. The molecule has 164 valence electrons. The summed E-state index contributed by atoms with van der Waals surface area (Å²) in [6.07, 6.45) is 1.55. The Bertz CT molecular complexity index is 1020. The molecule has 4 rings (SSSR count). The summed E-state index contributed by atoms with van der Waals surface area (Å²) in [5, 5.41) is 3.19. The van der Waals surface area contributed by atoms with Crippen LogP contribution in [0.25, 0.3) is 0 Å². The number of hydrogen-bond donors (Lipinski definition) is 1. The Morgan fingerprint density at radius 1 is 1.19 bits per heavy atom. The van der Waals surface area contributed by atoms with Crippen molar-refractivity contribution in [3.8, 4) is 5.75 Å². The highest BCUT2D eigenvalue weighted by Crippen LogP contribution is 2.32. The zero-order chi connectivity index (χ0) is 22.1. The first-order valence-corrected chi connectivity index (χ1v) is 10.7. The van der Waals surface area contributed by atoms with Crippen LogP contribution in [0.4, 0.5) is 5.82 Å². The fourth-order valence-electron chi connectivity index (χ4n) is 4.53. The van der Waals surface area contributed by atoms with Gasteiger partial charge in [0.05, 0.1) is 24.9 Å². The number of anilines is 1. The highest BCUT2D eigenvalue weighted by molar-refractivity contribution is 5.97. The summed E-state index contributed by atoms with van der Waals surface area (Å²) in [6, 6.07) is 5.63. The van der Waals surface area contributed by atoms with Crippen molar-refractivity contribution in [3.05, 3.63) is 46.4 Å². The number of carbonyl (C=O) groups excluding carboxylic acids is 2. The minimum Gasteiger partial charge on any atom is -0.496 e. The van der Waals surface area contributed by atoms with E-state index in [0.29, 0.717) is 37.5 Å². The molecule has 3 heterocycles. The number of fused-ring (bicyclic) bond motifs is 1. The number of benzene rings is 1. The Morgan fingerprint density at radius 3 is 2.71 bits per heavy atom. The van der Waals surface area contributed by atoms with Crippen LogP contribution in [0.3, 0.4) is 0 Å². The van der Waals surface area contributed by atoms with Crippen molar-refractivity contribution in [1.82, 2.24) is 19.8 Å². The molecular weight excluding hydrogens is 394 g/mol. The van der Waals surface area contributed by atoms with E-state index < -0.39 is 0 Å². The number of nitrogens with zero attached hydrogens (tertiary/aromatic N) is 4. The molecule has 0 bridgehead atoms. The van der Waals surface area contributed by atoms with Crippen LogP contribution in [-0.2, 0) is 17.8 Å². The van der Waals surface area contributed by atoms with Gasteiger partial charge in [-0.3, -0.25) is 9.59 Å². The average Bonchev–Trinajstić information content (AvgIpc) is 3.27. The molecular formula is C23H29N5O3. The smallest absolute Gasteiger partial charge is 0.257 e. The van der Waals surface area contributed by atoms with Gasteiger partial charge in [-0.1, -0.05) is 12.1 Å². The molecule has 0 saturated carbocycles. The molecule has 0 radical (unpaired) electrons. The summed E-state index contributed by atoms with van der Waals surface area (Å²) in [6.45, 7) is 5.93. The summed E-state index contributed by atoms with van der Waals surface area (Å²) in [4.78, 5) is 38.3. The number of methoxy groups -OCH3 is 1. The van der Waals surface area contributed by atoms with Gasteiger partial charge in [-0.2, -0.15) is 0 Å². The summed E-state index contributed by atoms with van der Waals surface area (Å²) in [5.41, 5.74) is 3.51. The molecule has 0 aliphatic carbocycles. The summed E-state index contributed by atoms with van der Waals surface area (Å²) in [7, 11) is 3.45. The molecule has 1 aromatic carbocycles. The SMILES string of the molecule is CNc1nc([C@@H]2CCN(C(=O)c3cccc(C)c3OC)C2)nc2c1CCN(C(C)=O)C2. The highest BCUT2D eigenvalue weighted by atomic mass is 16.5. The van der Waals surface area contributed by atoms with Crippen molar-refractivity contribution in [3.63, 3.8) is 0 Å². The van der Waals surface area contributed by atoms with Crippen molar-refractivity contribution >= 4 is 17.6 Å². The molecule has 0 unspecified atom stereocenters. The van der Waals surface area contributed by atoms with Crippen LogP contribution in [0.5, 0.6) is 5.75 Å². The number of amides is 2. The molecule has 2 aliphatic heterocycles. The van der Waals surface area contributed by atoms with Crippen LogP contribution < -0.4 is 10.1 Å². The lowest BCUT2D eigenvalue weighted by Gasteiger charge is -2.29. The minimum atomic E-state index is -0.0300. The van der Waals surface area contributed by atoms with E-state index in [-0.39, 0.29) is 17.7 Å². The molecule has 1 aromatic heterocycles. The molecule has 1 atom stereocenters. The van der Waals surface area contributed by atoms with E-state index in [9.17, 15) is 9.59 Å². The van der Waals surface area contributed by atoms with Gasteiger partial charge in [0.1, 0.15) is 17.4 Å². The van der Waals surface area contributed by atoms with Gasteiger partial charge in [-0.25, -0.2) is 9.97 Å². The van der Waals surface area contributed by atoms with Gasteiger partial charge in [0.2, 0.25) is 5.91 Å². The van der Waals surface area contributed by atoms with Crippen molar-refractivity contribution in [2.75, 3.05) is 39.1 Å². The standard InChI is InChI=1S/C23H29N5O3/c1-14-6-5-7-18(20(14)31-4)23(30)28-10-8-16(12-28)21-25-19-13-27(15(2)29)11-9-17(19)22(24-3)26-21/h5-7,16H,8-13H2,1-4H3,(H,24,25,26)/t16-/m1/s1. The van der Waals surface area contributed by atoms with Gasteiger partial charge in [0, 0.05) is 45.1 Å². The number of likely N-dealkylation sites (tertiary alicyclic amines) is 1. The van der Waals surface area contributed by atoms with Crippen LogP contribution in [0.2, 0.25) is 0 Å². The monoisotopic (exact) mass is 423 g/mol. The van der Waals surface area contributed by atoms with Gasteiger partial charge in [0.15, 0.2) is 0 Å². The molecule has 2 aromatic rings. The van der Waals surface area contributed by atoms with E-state index in [1.165, 1.54) is 0 Å². The minimum absolute atomic E-state index is 0.0300. The van der Waals surface area contributed by atoms with Gasteiger partial charge < -0.3 is 19.9 Å². The number of nitrogens with one attached hydrogen (secondary N) is 1. The fraction of sp³-hybridized carbons (Fsp3) is 0.478. The Morgan fingerprint density at radius 2 is 2.00 bits per heavy atom. The third-order valence-corrected chi connectivity index (χ3v) is 6.25. The van der Waals surface area contributed by atoms with Gasteiger partial charge in [0.25, 0.3) is 5.91 Å². The lowest BCUT2D eigenvalue weighted by molar-refractivity contribution is -0.129. The van der Waals surface area contributed by atoms with E-state index in [1.54, 1.807) is 14.0 Å². The fourth-order valence-corrected chi connectivity index (χ4v) is 4.53. The molecule has 0 spiro atoms. The normalized spacial score (nSPS) is 18.0. The Balaban J connectivity index is 1.57. The predicted molar refractivity (Wildman–Crippen MR) is 117 cm³/mol. The lowest BCUT2D eigenvalue weighted by atomic mass is 10.0. The second-order valence-electron chi connectivity index (χ2n) is 8.19. The van der Waals surface area contributed by atoms with E-state index in [1.807, 2.05) is 42.0 Å². The number of aryl methyl sites for hydroxylation is 1. The van der Waals surface area contributed by atoms with Crippen LogP contribution in [0.15, 0.2) is 18.2 Å². The topological polar surface area (TPSA) is 87.7 Å². The third-order valence-electron chi connectivity index (χ3n) is 6.25. The van der Waals surface area contributed by atoms with E-state index in [4.69, 9.17) is 14.7 Å². The molecule has 8 heteroatoms. The van der Waals surface area contributed by atoms with E-state index in [2.05, 4.69) is 5.32 Å². The third kappa shape index (κ3) is 3.94. The summed E-state index contributed by atoms with van der Waals surface area (Å²) < 4.78 is 5.48. The molecule has 31 heavy (non-hydrogen) atoms. The molecule has 1 saturated heterocycles. The highest BCUT2D eigenvalue weighted by Gasteiger charge is 2.33. The largest absolute Gasteiger partial charge is 0.496 e. The number of hydrogen-bond acceptors (Lipinski definition) is 6. The maximum Gasteiger partial charge on any atom is 0.257 e. The molecule has 2 amide bonds. The zero-order valence-electron chi connectivity index (χ0n) is 18.6. The first-order valence-electron chi connectivity index (χ1n) is 10.7. The van der Waals surface area contributed by atoms with Gasteiger partial charge in [-0.05, 0) is 31.4 Å². The van der Waals surface area contributed by atoms with Crippen molar-refractivity contribution < 1.29 is 14.3 Å². The average molecular weight is 424 g/mol. The summed E-state index contributed by atoms with van der Waals surface area (Å²) in [5.74, 6) is 2.28. The second kappa shape index (κ2) is 8.53. The molecule has 1 fully saturated rings. The van der Waals surface area contributed by atoms with Gasteiger partial charge in [-0.15, -0.1) is 0 Å². The number of carbonyl (C=O) groups is 2. The Labute approximate surface area is 182 Å². The summed E-state index contributed by atoms with van der Waals surface area (Å²) >= 11 is 0. The predicted octanol–water partition coefficient (Wildman–Crippen LogP) is 2.37. The Kier molecular flexibility index (Phi) is 5.80. The number of rotatable bonds is 4. The molecule has 8 nitrogen and oxygen atoms in total. The first kappa shape index (κ1) is 21.1. The molecule has 2 aliphatic rings. The van der Waals surface area contributed by atoms with Crippen molar-refractivity contribution in [1.29, 1.82) is 0 Å². The quantitative estimate of drug-likeness (QED) is 0.812. The zero-order valence-corrected chi connectivity index (χ0v) is 18.6. The van der Waals surface area contributed by atoms with Crippen LogP contribution >= 0.6 is 0 Å².